The van der Waals surface area contributed by atoms with Crippen LogP contribution in [0.5, 0.6) is 0 Å². The lowest BCUT2D eigenvalue weighted by molar-refractivity contribution is 0.267. The van der Waals surface area contributed by atoms with Crippen LogP contribution in [0.1, 0.15) is 45.1 Å². The summed E-state index contributed by atoms with van der Waals surface area (Å²) >= 11 is 6.16. The van der Waals surface area contributed by atoms with E-state index in [1.807, 2.05) is 12.1 Å². The highest BCUT2D eigenvalue weighted by Crippen LogP contribution is 2.32. The molecule has 1 saturated carbocycles. The van der Waals surface area contributed by atoms with Crippen molar-refractivity contribution in [2.24, 2.45) is 11.8 Å². The van der Waals surface area contributed by atoms with Gasteiger partial charge in [-0.3, -0.25) is 0 Å². The second-order valence-corrected chi connectivity index (χ2v) is 6.32. The lowest BCUT2D eigenvalue weighted by atomic mass is 9.79. The zero-order valence-corrected chi connectivity index (χ0v) is 12.4. The van der Waals surface area contributed by atoms with E-state index in [2.05, 4.69) is 32.2 Å². The molecule has 0 spiro atoms. The Morgan fingerprint density at radius 1 is 1.17 bits per heavy atom. The molecule has 18 heavy (non-hydrogen) atoms. The van der Waals surface area contributed by atoms with Gasteiger partial charge in [0.05, 0.1) is 0 Å². The van der Waals surface area contributed by atoms with Gasteiger partial charge in [-0.2, -0.15) is 0 Å². The second kappa shape index (κ2) is 5.97. The lowest BCUT2D eigenvalue weighted by Gasteiger charge is -2.32. The lowest BCUT2D eigenvalue weighted by Crippen LogP contribution is -2.28. The van der Waals surface area contributed by atoms with E-state index in [0.717, 1.165) is 16.9 Å². The van der Waals surface area contributed by atoms with Gasteiger partial charge in [-0.1, -0.05) is 31.5 Å². The first-order chi connectivity index (χ1) is 8.58. The summed E-state index contributed by atoms with van der Waals surface area (Å²) in [7, 11) is 0. The highest BCUT2D eigenvalue weighted by molar-refractivity contribution is 6.31. The van der Waals surface area contributed by atoms with E-state index >= 15 is 0 Å². The van der Waals surface area contributed by atoms with E-state index < -0.39 is 0 Å². The largest absolute Gasteiger partial charge is 0.382 e. The number of rotatable bonds is 3. The molecule has 1 aliphatic rings. The Morgan fingerprint density at radius 3 is 2.44 bits per heavy atom. The Labute approximate surface area is 116 Å². The van der Waals surface area contributed by atoms with Gasteiger partial charge in [0.1, 0.15) is 0 Å². The third-order valence-electron chi connectivity index (χ3n) is 4.34. The summed E-state index contributed by atoms with van der Waals surface area (Å²) in [5.74, 6) is 1.75. The van der Waals surface area contributed by atoms with Gasteiger partial charge in [0, 0.05) is 16.8 Å². The molecule has 2 rings (SSSR count). The Hall–Kier alpha value is -0.690. The number of benzene rings is 1. The average molecular weight is 266 g/mol. The van der Waals surface area contributed by atoms with Gasteiger partial charge in [-0.15, -0.1) is 0 Å². The van der Waals surface area contributed by atoms with Crippen molar-refractivity contribution in [3.05, 3.63) is 28.8 Å². The predicted molar refractivity (Wildman–Crippen MR) is 80.4 cm³/mol. The van der Waals surface area contributed by atoms with E-state index in [9.17, 15) is 0 Å². The molecule has 0 atom stereocenters. The van der Waals surface area contributed by atoms with E-state index in [1.165, 1.54) is 36.9 Å². The van der Waals surface area contributed by atoms with Crippen molar-refractivity contribution in [1.82, 2.24) is 0 Å². The van der Waals surface area contributed by atoms with Crippen molar-refractivity contribution in [3.8, 4) is 0 Å². The fourth-order valence-electron chi connectivity index (χ4n) is 2.91. The van der Waals surface area contributed by atoms with Crippen LogP contribution in [0.25, 0.3) is 0 Å². The Kier molecular flexibility index (Phi) is 4.55. The molecular formula is C16H24ClN. The van der Waals surface area contributed by atoms with E-state index in [-0.39, 0.29) is 0 Å². The molecule has 1 fully saturated rings. The van der Waals surface area contributed by atoms with Crippen molar-refractivity contribution < 1.29 is 0 Å². The zero-order chi connectivity index (χ0) is 13.1. The maximum Gasteiger partial charge on any atom is 0.0455 e. The van der Waals surface area contributed by atoms with Crippen LogP contribution >= 0.6 is 11.6 Å². The summed E-state index contributed by atoms with van der Waals surface area (Å²) in [6.07, 6.45) is 5.29. The van der Waals surface area contributed by atoms with Crippen LogP contribution in [0.4, 0.5) is 5.69 Å². The summed E-state index contributed by atoms with van der Waals surface area (Å²) in [6, 6.07) is 6.74. The molecular weight excluding hydrogens is 242 g/mol. The maximum atomic E-state index is 6.16. The molecule has 0 heterocycles. The number of hydrogen-bond donors (Lipinski definition) is 1. The first kappa shape index (κ1) is 13.7. The monoisotopic (exact) mass is 265 g/mol. The first-order valence-electron chi connectivity index (χ1n) is 7.09. The van der Waals surface area contributed by atoms with Gasteiger partial charge < -0.3 is 5.32 Å². The van der Waals surface area contributed by atoms with Crippen molar-refractivity contribution in [3.63, 3.8) is 0 Å². The highest BCUT2D eigenvalue weighted by atomic mass is 35.5. The molecule has 2 heteroatoms. The Morgan fingerprint density at radius 2 is 1.83 bits per heavy atom. The number of anilines is 1. The zero-order valence-electron chi connectivity index (χ0n) is 11.7. The molecule has 0 amide bonds. The number of hydrogen-bond acceptors (Lipinski definition) is 1. The number of nitrogens with one attached hydrogen (secondary N) is 1. The molecule has 1 aromatic rings. The quantitative estimate of drug-likeness (QED) is 0.785. The van der Waals surface area contributed by atoms with Crippen molar-refractivity contribution in [2.45, 2.75) is 52.5 Å². The predicted octanol–water partition coefficient (Wildman–Crippen LogP) is 5.28. The molecule has 1 aromatic carbocycles. The minimum absolute atomic E-state index is 0.622. The van der Waals surface area contributed by atoms with E-state index in [4.69, 9.17) is 11.6 Å². The molecule has 1 aliphatic carbocycles. The second-order valence-electron chi connectivity index (χ2n) is 5.91. The Balaban J connectivity index is 1.94. The molecule has 1 nitrogen and oxygen atoms in total. The minimum Gasteiger partial charge on any atom is -0.382 e. The Bertz CT molecular complexity index is 392. The van der Waals surface area contributed by atoms with Gasteiger partial charge in [0.2, 0.25) is 0 Å². The van der Waals surface area contributed by atoms with Gasteiger partial charge in [0.15, 0.2) is 0 Å². The standard InChI is InChI=1S/C16H24ClN/c1-11(2)13-7-9-14(10-8-13)18-16-6-4-5-15(17)12(16)3/h4-6,11,13-14,18H,7-10H2,1-3H3. The molecule has 100 valence electrons. The van der Waals surface area contributed by atoms with E-state index in [1.54, 1.807) is 0 Å². The normalized spacial score (nSPS) is 24.3. The summed E-state index contributed by atoms with van der Waals surface area (Å²) in [5.41, 5.74) is 2.38. The molecule has 0 aliphatic heterocycles. The van der Waals surface area contributed by atoms with Gasteiger partial charge in [-0.25, -0.2) is 0 Å². The molecule has 0 unspecified atom stereocenters. The summed E-state index contributed by atoms with van der Waals surface area (Å²) in [5, 5.41) is 4.52. The van der Waals surface area contributed by atoms with Crippen molar-refractivity contribution >= 4 is 17.3 Å². The average Bonchev–Trinajstić information content (AvgIpc) is 2.36. The van der Waals surface area contributed by atoms with Crippen LogP contribution in [0, 0.1) is 18.8 Å². The minimum atomic E-state index is 0.622. The first-order valence-corrected chi connectivity index (χ1v) is 7.47. The number of halogens is 1. The van der Waals surface area contributed by atoms with Crippen LogP contribution in [0.2, 0.25) is 5.02 Å². The van der Waals surface area contributed by atoms with Crippen LogP contribution in [-0.2, 0) is 0 Å². The third kappa shape index (κ3) is 3.20. The summed E-state index contributed by atoms with van der Waals surface area (Å²) < 4.78 is 0. The molecule has 0 saturated heterocycles. The fraction of sp³-hybridized carbons (Fsp3) is 0.625. The van der Waals surface area contributed by atoms with E-state index in [0.29, 0.717) is 6.04 Å². The van der Waals surface area contributed by atoms with Crippen LogP contribution in [0.15, 0.2) is 18.2 Å². The smallest absolute Gasteiger partial charge is 0.0455 e. The van der Waals surface area contributed by atoms with Crippen LogP contribution in [0.3, 0.4) is 0 Å². The van der Waals surface area contributed by atoms with Crippen LogP contribution < -0.4 is 5.32 Å². The maximum absolute atomic E-state index is 6.16. The van der Waals surface area contributed by atoms with Gasteiger partial charge >= 0.3 is 0 Å². The SMILES string of the molecule is Cc1c(Cl)cccc1NC1CCC(C(C)C)CC1. The molecule has 0 aromatic heterocycles. The molecule has 0 radical (unpaired) electrons. The highest BCUT2D eigenvalue weighted by Gasteiger charge is 2.23. The summed E-state index contributed by atoms with van der Waals surface area (Å²) in [6.45, 7) is 6.78. The fourth-order valence-corrected chi connectivity index (χ4v) is 3.09. The summed E-state index contributed by atoms with van der Waals surface area (Å²) in [4.78, 5) is 0. The topological polar surface area (TPSA) is 12.0 Å². The van der Waals surface area contributed by atoms with Gasteiger partial charge in [0.25, 0.3) is 0 Å². The van der Waals surface area contributed by atoms with Crippen molar-refractivity contribution in [2.75, 3.05) is 5.32 Å². The third-order valence-corrected chi connectivity index (χ3v) is 4.75. The van der Waals surface area contributed by atoms with Gasteiger partial charge in [-0.05, 0) is 62.1 Å². The molecule has 1 N–H and O–H groups in total. The van der Waals surface area contributed by atoms with Crippen LogP contribution in [-0.4, -0.2) is 6.04 Å². The molecule has 0 bridgehead atoms. The van der Waals surface area contributed by atoms with Crippen molar-refractivity contribution in [1.29, 1.82) is 0 Å².